The first-order valence-electron chi connectivity index (χ1n) is 7.96. The summed E-state index contributed by atoms with van der Waals surface area (Å²) < 4.78 is 0. The molecule has 3 rings (SSSR count). The molecule has 3 aliphatic rings. The molecule has 2 bridgehead atoms. The van der Waals surface area contributed by atoms with Crippen molar-refractivity contribution in [3.63, 3.8) is 0 Å². The molecule has 0 aromatic carbocycles. The quantitative estimate of drug-likeness (QED) is 0.821. The van der Waals surface area contributed by atoms with Gasteiger partial charge < -0.3 is 11.1 Å². The van der Waals surface area contributed by atoms with Crippen molar-refractivity contribution < 1.29 is 4.79 Å². The molecule has 21 heavy (non-hydrogen) atoms. The van der Waals surface area contributed by atoms with Gasteiger partial charge in [0.1, 0.15) is 0 Å². The third-order valence-electron chi connectivity index (χ3n) is 5.17. The SMILES string of the molecule is Cl.NC1C2CCCC1CC(C(=O)NCC1CSCCS1)C2. The van der Waals surface area contributed by atoms with E-state index >= 15 is 0 Å². The summed E-state index contributed by atoms with van der Waals surface area (Å²) in [5.41, 5.74) is 6.30. The van der Waals surface area contributed by atoms with E-state index in [1.165, 1.54) is 36.5 Å². The summed E-state index contributed by atoms with van der Waals surface area (Å²) in [6, 6.07) is 0.359. The number of carbonyl (C=O) groups excluding carboxylic acids is 1. The number of nitrogens with two attached hydrogens (primary N) is 1. The second kappa shape index (κ2) is 8.32. The Balaban J connectivity index is 0.00000161. The minimum absolute atomic E-state index is 0. The van der Waals surface area contributed by atoms with Crippen LogP contribution in [-0.4, -0.2) is 41.0 Å². The number of hydrogen-bond donors (Lipinski definition) is 2. The molecule has 0 aromatic rings. The normalized spacial score (nSPS) is 39.2. The Labute approximate surface area is 142 Å². The maximum Gasteiger partial charge on any atom is 0.223 e. The smallest absolute Gasteiger partial charge is 0.223 e. The van der Waals surface area contributed by atoms with E-state index in [0.29, 0.717) is 29.0 Å². The van der Waals surface area contributed by atoms with Crippen LogP contribution < -0.4 is 11.1 Å². The Bertz CT molecular complexity index is 339. The lowest BCUT2D eigenvalue weighted by atomic mass is 9.65. The van der Waals surface area contributed by atoms with E-state index in [2.05, 4.69) is 5.32 Å². The largest absolute Gasteiger partial charge is 0.355 e. The first-order chi connectivity index (χ1) is 9.74. The number of rotatable bonds is 3. The molecule has 0 aromatic heterocycles. The van der Waals surface area contributed by atoms with E-state index in [9.17, 15) is 4.79 Å². The summed E-state index contributed by atoms with van der Waals surface area (Å²) in [5, 5.41) is 3.83. The van der Waals surface area contributed by atoms with Gasteiger partial charge in [0.05, 0.1) is 0 Å². The van der Waals surface area contributed by atoms with E-state index in [1.807, 2.05) is 23.5 Å². The molecule has 1 heterocycles. The molecule has 2 saturated carbocycles. The van der Waals surface area contributed by atoms with Crippen molar-refractivity contribution in [3.05, 3.63) is 0 Å². The van der Waals surface area contributed by atoms with Gasteiger partial charge in [-0.3, -0.25) is 4.79 Å². The second-order valence-electron chi connectivity index (χ2n) is 6.51. The van der Waals surface area contributed by atoms with Gasteiger partial charge in [0, 0.05) is 41.0 Å². The first kappa shape index (κ1) is 17.8. The predicted octanol–water partition coefficient (Wildman–Crippen LogP) is 2.53. The van der Waals surface area contributed by atoms with Crippen LogP contribution in [0, 0.1) is 17.8 Å². The van der Waals surface area contributed by atoms with Gasteiger partial charge in [0.25, 0.3) is 0 Å². The summed E-state index contributed by atoms with van der Waals surface area (Å²) in [6.07, 6.45) is 5.83. The molecule has 1 saturated heterocycles. The lowest BCUT2D eigenvalue weighted by Gasteiger charge is -2.43. The van der Waals surface area contributed by atoms with Crippen LogP contribution in [0.4, 0.5) is 0 Å². The molecule has 2 aliphatic carbocycles. The van der Waals surface area contributed by atoms with Crippen LogP contribution in [0.15, 0.2) is 0 Å². The maximum atomic E-state index is 12.4. The molecular formula is C15H27ClN2OS2. The molecule has 0 spiro atoms. The fraction of sp³-hybridized carbons (Fsp3) is 0.933. The molecule has 3 nitrogen and oxygen atoms in total. The average Bonchev–Trinajstić information content (AvgIpc) is 2.45. The van der Waals surface area contributed by atoms with Crippen LogP contribution in [0.1, 0.15) is 32.1 Å². The molecule has 122 valence electrons. The fourth-order valence-electron chi connectivity index (χ4n) is 4.02. The molecule has 1 amide bonds. The number of thioether (sulfide) groups is 2. The van der Waals surface area contributed by atoms with Crippen LogP contribution in [0.2, 0.25) is 0 Å². The molecule has 1 aliphatic heterocycles. The van der Waals surface area contributed by atoms with Gasteiger partial charge in [0.2, 0.25) is 5.91 Å². The number of nitrogens with one attached hydrogen (secondary N) is 1. The Hall–Kier alpha value is 0.420. The minimum Gasteiger partial charge on any atom is -0.355 e. The maximum absolute atomic E-state index is 12.4. The van der Waals surface area contributed by atoms with Crippen LogP contribution in [0.25, 0.3) is 0 Å². The van der Waals surface area contributed by atoms with Crippen LogP contribution in [0.3, 0.4) is 0 Å². The zero-order valence-electron chi connectivity index (χ0n) is 12.5. The Morgan fingerprint density at radius 1 is 1.19 bits per heavy atom. The summed E-state index contributed by atoms with van der Waals surface area (Å²) >= 11 is 4.03. The van der Waals surface area contributed by atoms with E-state index in [4.69, 9.17) is 5.73 Å². The molecule has 3 fully saturated rings. The predicted molar refractivity (Wildman–Crippen MR) is 95.4 cm³/mol. The molecule has 3 unspecified atom stereocenters. The van der Waals surface area contributed by atoms with Gasteiger partial charge in [-0.15, -0.1) is 12.4 Å². The highest BCUT2D eigenvalue weighted by atomic mass is 35.5. The zero-order valence-corrected chi connectivity index (χ0v) is 14.9. The van der Waals surface area contributed by atoms with Crippen molar-refractivity contribution in [3.8, 4) is 0 Å². The standard InChI is InChI=1S/C15H26N2OS2.ClH/c16-14-10-2-1-3-11(14)7-12(6-10)15(18)17-8-13-9-19-4-5-20-13;/h10-14H,1-9,16H2,(H,17,18);1H. The van der Waals surface area contributed by atoms with Gasteiger partial charge in [-0.25, -0.2) is 0 Å². The topological polar surface area (TPSA) is 55.1 Å². The van der Waals surface area contributed by atoms with Crippen molar-refractivity contribution in [1.29, 1.82) is 0 Å². The van der Waals surface area contributed by atoms with Gasteiger partial charge in [-0.1, -0.05) is 6.42 Å². The number of carbonyl (C=O) groups is 1. The molecule has 3 atom stereocenters. The summed E-state index contributed by atoms with van der Waals surface area (Å²) in [7, 11) is 0. The Kier molecular flexibility index (Phi) is 7.04. The fourth-order valence-corrected chi connectivity index (χ4v) is 6.63. The number of fused-ring (bicyclic) bond motifs is 2. The van der Waals surface area contributed by atoms with E-state index < -0.39 is 0 Å². The van der Waals surface area contributed by atoms with E-state index in [1.54, 1.807) is 0 Å². The molecule has 0 radical (unpaired) electrons. The molecular weight excluding hydrogens is 324 g/mol. The van der Waals surface area contributed by atoms with Gasteiger partial charge in [-0.05, 0) is 37.5 Å². The zero-order chi connectivity index (χ0) is 13.9. The van der Waals surface area contributed by atoms with Crippen molar-refractivity contribution in [2.75, 3.05) is 23.8 Å². The van der Waals surface area contributed by atoms with E-state index in [-0.39, 0.29) is 18.3 Å². The monoisotopic (exact) mass is 350 g/mol. The second-order valence-corrected chi connectivity index (χ2v) is 9.07. The molecule has 3 N–H and O–H groups in total. The van der Waals surface area contributed by atoms with Crippen LogP contribution >= 0.6 is 35.9 Å². The summed E-state index contributed by atoms with van der Waals surface area (Å²) in [4.78, 5) is 12.4. The lowest BCUT2D eigenvalue weighted by Crippen LogP contribution is -2.49. The van der Waals surface area contributed by atoms with Crippen molar-refractivity contribution >= 4 is 41.8 Å². The van der Waals surface area contributed by atoms with Gasteiger partial charge >= 0.3 is 0 Å². The van der Waals surface area contributed by atoms with Crippen molar-refractivity contribution in [2.24, 2.45) is 23.5 Å². The third-order valence-corrected chi connectivity index (χ3v) is 8.02. The highest BCUT2D eigenvalue weighted by molar-refractivity contribution is 8.06. The highest BCUT2D eigenvalue weighted by Gasteiger charge is 2.40. The number of hydrogen-bond acceptors (Lipinski definition) is 4. The third kappa shape index (κ3) is 4.46. The van der Waals surface area contributed by atoms with Crippen molar-refractivity contribution in [1.82, 2.24) is 5.32 Å². The number of amides is 1. The van der Waals surface area contributed by atoms with E-state index in [0.717, 1.165) is 19.4 Å². The lowest BCUT2D eigenvalue weighted by molar-refractivity contribution is -0.127. The Morgan fingerprint density at radius 3 is 2.52 bits per heavy atom. The van der Waals surface area contributed by atoms with Crippen LogP contribution in [0.5, 0.6) is 0 Å². The van der Waals surface area contributed by atoms with Gasteiger partial charge in [0.15, 0.2) is 0 Å². The molecule has 6 heteroatoms. The Morgan fingerprint density at radius 2 is 1.90 bits per heavy atom. The van der Waals surface area contributed by atoms with Gasteiger partial charge in [-0.2, -0.15) is 23.5 Å². The summed E-state index contributed by atoms with van der Waals surface area (Å²) in [5.74, 6) is 5.39. The number of halogens is 1. The minimum atomic E-state index is 0. The first-order valence-corrected chi connectivity index (χ1v) is 10.2. The summed E-state index contributed by atoms with van der Waals surface area (Å²) in [6.45, 7) is 0.856. The van der Waals surface area contributed by atoms with Crippen LogP contribution in [-0.2, 0) is 4.79 Å². The average molecular weight is 351 g/mol. The highest BCUT2D eigenvalue weighted by Crippen LogP contribution is 2.41. The van der Waals surface area contributed by atoms with Crippen molar-refractivity contribution in [2.45, 2.75) is 43.4 Å².